The van der Waals surface area contributed by atoms with Crippen molar-refractivity contribution in [2.24, 2.45) is 0 Å². The number of hydrogen-bond acceptors (Lipinski definition) is 4. The Kier molecular flexibility index (Phi) is 5.96. The molecule has 0 spiro atoms. The van der Waals surface area contributed by atoms with E-state index in [2.05, 4.69) is 9.47 Å². The summed E-state index contributed by atoms with van der Waals surface area (Å²) in [7, 11) is 0. The Hall–Kier alpha value is -2.30. The molecule has 21 heavy (non-hydrogen) atoms. The zero-order valence-electron chi connectivity index (χ0n) is 10.9. The average Bonchev–Trinajstić information content (AvgIpc) is 2.39. The third-order valence-corrected chi connectivity index (χ3v) is 2.45. The number of carbonyl (C=O) groups excluding carboxylic acids is 1. The van der Waals surface area contributed by atoms with Crippen LogP contribution in [0.3, 0.4) is 0 Å². The molecule has 1 aromatic carbocycles. The first-order chi connectivity index (χ1) is 9.88. The van der Waals surface area contributed by atoms with Gasteiger partial charge in [-0.2, -0.15) is 14.0 Å². The average molecular weight is 305 g/mol. The van der Waals surface area contributed by atoms with E-state index < -0.39 is 36.7 Å². The van der Waals surface area contributed by atoms with Crippen LogP contribution in [-0.2, 0) is 16.0 Å². The van der Waals surface area contributed by atoms with Crippen LogP contribution in [0.2, 0.25) is 0 Å². The van der Waals surface area contributed by atoms with Crippen molar-refractivity contribution in [2.75, 3.05) is 6.61 Å². The molecule has 4 nitrogen and oxygen atoms in total. The highest BCUT2D eigenvalue weighted by molar-refractivity contribution is 5.73. The molecule has 0 radical (unpaired) electrons. The number of rotatable bonds is 6. The normalized spacial score (nSPS) is 10.6. The molecule has 0 amide bonds. The van der Waals surface area contributed by atoms with Gasteiger partial charge in [-0.15, -0.1) is 0 Å². The summed E-state index contributed by atoms with van der Waals surface area (Å²) in [6.07, 6.45) is -3.50. The molecular formula is C13H11F4NO3. The Morgan fingerprint density at radius 3 is 2.48 bits per heavy atom. The van der Waals surface area contributed by atoms with Crippen LogP contribution in [-0.4, -0.2) is 19.2 Å². The van der Waals surface area contributed by atoms with Crippen molar-refractivity contribution < 1.29 is 31.8 Å². The fourth-order valence-corrected chi connectivity index (χ4v) is 1.64. The highest BCUT2D eigenvalue weighted by atomic mass is 19.3. The first-order valence-corrected chi connectivity index (χ1v) is 5.84. The Balaban J connectivity index is 3.23. The molecule has 1 rings (SSSR count). The molecular weight excluding hydrogens is 294 g/mol. The predicted molar refractivity (Wildman–Crippen MR) is 63.1 cm³/mol. The fraction of sp³-hybridized carbons (Fsp3) is 0.385. The van der Waals surface area contributed by atoms with Gasteiger partial charge in [-0.3, -0.25) is 4.79 Å². The lowest BCUT2D eigenvalue weighted by Crippen LogP contribution is -2.11. The van der Waals surface area contributed by atoms with Gasteiger partial charge in [-0.05, 0) is 24.6 Å². The van der Waals surface area contributed by atoms with Crippen molar-refractivity contribution in [3.63, 3.8) is 0 Å². The molecule has 0 N–H and O–H groups in total. The third kappa shape index (κ3) is 4.63. The first kappa shape index (κ1) is 16.8. The number of alkyl halides is 4. The maximum absolute atomic E-state index is 12.9. The van der Waals surface area contributed by atoms with E-state index in [9.17, 15) is 22.4 Å². The summed E-state index contributed by atoms with van der Waals surface area (Å²) in [5.74, 6) is -1.42. The minimum atomic E-state index is -3.25. The standard InChI is InChI=1S/C13H11F4NO3/c1-2-20-11(19)4-7-3-8(6-18)10(21-13(16)17)5-9(7)12(14)15/h3,5,12-13H,2,4H2,1H3. The summed E-state index contributed by atoms with van der Waals surface area (Å²) in [6, 6.07) is 3.13. The zero-order valence-corrected chi connectivity index (χ0v) is 10.9. The molecule has 0 heterocycles. The molecule has 0 saturated heterocycles. The van der Waals surface area contributed by atoms with Crippen molar-refractivity contribution >= 4 is 5.97 Å². The minimum Gasteiger partial charge on any atom is -0.466 e. The van der Waals surface area contributed by atoms with Crippen LogP contribution in [0.15, 0.2) is 12.1 Å². The van der Waals surface area contributed by atoms with Gasteiger partial charge in [0.2, 0.25) is 0 Å². The van der Waals surface area contributed by atoms with E-state index >= 15 is 0 Å². The van der Waals surface area contributed by atoms with E-state index in [0.717, 1.165) is 6.07 Å². The van der Waals surface area contributed by atoms with Crippen LogP contribution in [0.5, 0.6) is 5.75 Å². The molecule has 114 valence electrons. The van der Waals surface area contributed by atoms with Crippen molar-refractivity contribution in [1.29, 1.82) is 5.26 Å². The number of ether oxygens (including phenoxy) is 2. The van der Waals surface area contributed by atoms with Gasteiger partial charge in [0.15, 0.2) is 0 Å². The van der Waals surface area contributed by atoms with E-state index in [1.807, 2.05) is 0 Å². The van der Waals surface area contributed by atoms with E-state index in [0.29, 0.717) is 6.07 Å². The fourth-order valence-electron chi connectivity index (χ4n) is 1.64. The number of benzene rings is 1. The maximum Gasteiger partial charge on any atom is 0.387 e. The molecule has 0 aliphatic heterocycles. The quantitative estimate of drug-likeness (QED) is 0.598. The van der Waals surface area contributed by atoms with E-state index in [1.54, 1.807) is 13.0 Å². The summed E-state index contributed by atoms with van der Waals surface area (Å²) in [4.78, 5) is 11.3. The molecule has 0 aliphatic rings. The summed E-state index contributed by atoms with van der Waals surface area (Å²) >= 11 is 0. The van der Waals surface area contributed by atoms with Crippen molar-refractivity contribution in [3.8, 4) is 11.8 Å². The van der Waals surface area contributed by atoms with Gasteiger partial charge in [0.25, 0.3) is 6.43 Å². The highest BCUT2D eigenvalue weighted by Gasteiger charge is 2.21. The number of carbonyl (C=O) groups is 1. The third-order valence-electron chi connectivity index (χ3n) is 2.45. The number of nitrogens with zero attached hydrogens (tertiary/aromatic N) is 1. The van der Waals surface area contributed by atoms with Crippen molar-refractivity contribution in [1.82, 2.24) is 0 Å². The lowest BCUT2D eigenvalue weighted by atomic mass is 10.0. The van der Waals surface area contributed by atoms with E-state index in [-0.39, 0.29) is 17.7 Å². The van der Waals surface area contributed by atoms with Crippen LogP contribution < -0.4 is 4.74 Å². The second-order valence-electron chi connectivity index (χ2n) is 3.82. The van der Waals surface area contributed by atoms with E-state index in [1.165, 1.54) is 0 Å². The maximum atomic E-state index is 12.9. The SMILES string of the molecule is CCOC(=O)Cc1cc(C#N)c(OC(F)F)cc1C(F)F. The van der Waals surface area contributed by atoms with Crippen LogP contribution in [0, 0.1) is 11.3 Å². The number of halogens is 4. The summed E-state index contributed by atoms with van der Waals surface area (Å²) < 4.78 is 58.9. The summed E-state index contributed by atoms with van der Waals surface area (Å²) in [5.41, 5.74) is -1.18. The van der Waals surface area contributed by atoms with Crippen LogP contribution in [0.1, 0.15) is 30.0 Å². The lowest BCUT2D eigenvalue weighted by Gasteiger charge is -2.13. The smallest absolute Gasteiger partial charge is 0.387 e. The molecule has 0 bridgehead atoms. The Morgan fingerprint density at radius 2 is 2.00 bits per heavy atom. The van der Waals surface area contributed by atoms with Crippen molar-refractivity contribution in [3.05, 3.63) is 28.8 Å². The Bertz CT molecular complexity index is 555. The van der Waals surface area contributed by atoms with Gasteiger partial charge in [-0.1, -0.05) is 0 Å². The Morgan fingerprint density at radius 1 is 1.33 bits per heavy atom. The largest absolute Gasteiger partial charge is 0.466 e. The lowest BCUT2D eigenvalue weighted by molar-refractivity contribution is -0.142. The molecule has 0 atom stereocenters. The van der Waals surface area contributed by atoms with Crippen molar-refractivity contribution in [2.45, 2.75) is 26.4 Å². The summed E-state index contributed by atoms with van der Waals surface area (Å²) in [6.45, 7) is -1.63. The monoisotopic (exact) mass is 305 g/mol. The van der Waals surface area contributed by atoms with Crippen LogP contribution in [0.25, 0.3) is 0 Å². The second-order valence-corrected chi connectivity index (χ2v) is 3.82. The zero-order chi connectivity index (χ0) is 16.0. The molecule has 0 saturated carbocycles. The van der Waals surface area contributed by atoms with Gasteiger partial charge in [0, 0.05) is 5.56 Å². The van der Waals surface area contributed by atoms with Crippen LogP contribution >= 0.6 is 0 Å². The van der Waals surface area contributed by atoms with Gasteiger partial charge in [-0.25, -0.2) is 8.78 Å². The predicted octanol–water partition coefficient (Wildman–Crippen LogP) is 3.20. The Labute approximate surface area is 117 Å². The molecule has 0 aromatic heterocycles. The second kappa shape index (κ2) is 7.47. The summed E-state index contributed by atoms with van der Waals surface area (Å²) in [5, 5.41) is 8.84. The van der Waals surface area contributed by atoms with Gasteiger partial charge >= 0.3 is 12.6 Å². The molecule has 0 aliphatic carbocycles. The topological polar surface area (TPSA) is 59.3 Å². The number of nitriles is 1. The first-order valence-electron chi connectivity index (χ1n) is 5.84. The van der Waals surface area contributed by atoms with Gasteiger partial charge in [0.1, 0.15) is 11.8 Å². The molecule has 1 aromatic rings. The van der Waals surface area contributed by atoms with Crippen LogP contribution in [0.4, 0.5) is 17.6 Å². The highest BCUT2D eigenvalue weighted by Crippen LogP contribution is 2.31. The van der Waals surface area contributed by atoms with Gasteiger partial charge in [0.05, 0.1) is 18.6 Å². The molecule has 8 heteroatoms. The minimum absolute atomic E-state index is 0.0700. The molecule has 0 fully saturated rings. The number of hydrogen-bond donors (Lipinski definition) is 0. The number of esters is 1. The van der Waals surface area contributed by atoms with Gasteiger partial charge < -0.3 is 9.47 Å². The molecule has 0 unspecified atom stereocenters. The van der Waals surface area contributed by atoms with E-state index in [4.69, 9.17) is 5.26 Å².